The van der Waals surface area contributed by atoms with E-state index in [1.54, 1.807) is 7.11 Å². The van der Waals surface area contributed by atoms with Crippen LogP contribution in [0.5, 0.6) is 5.75 Å². The minimum absolute atomic E-state index is 0. The molecular weight excluding hydrogens is 295 g/mol. The molecule has 5 heteroatoms. The van der Waals surface area contributed by atoms with Crippen molar-refractivity contribution in [1.29, 1.82) is 0 Å². The molecule has 3 nitrogen and oxygen atoms in total. The average Bonchev–Trinajstić information content (AvgIpc) is 3.12. The topological polar surface area (TPSA) is 24.5 Å². The number of hydrogen-bond donors (Lipinski definition) is 1. The SMILES string of the molecule is COc1ccc(Cl)c(CN(C2CC2)C2CCNC2)c1.Cl. The zero-order valence-corrected chi connectivity index (χ0v) is 13.3. The largest absolute Gasteiger partial charge is 0.497 e. The Morgan fingerprint density at radius 1 is 1.30 bits per heavy atom. The fourth-order valence-electron chi connectivity index (χ4n) is 2.88. The molecule has 1 aliphatic carbocycles. The molecule has 20 heavy (non-hydrogen) atoms. The van der Waals surface area contributed by atoms with Gasteiger partial charge in [-0.25, -0.2) is 0 Å². The summed E-state index contributed by atoms with van der Waals surface area (Å²) in [6, 6.07) is 7.35. The molecule has 1 saturated heterocycles. The molecule has 1 aromatic rings. The molecular formula is C15H22Cl2N2O. The van der Waals surface area contributed by atoms with Gasteiger partial charge >= 0.3 is 0 Å². The van der Waals surface area contributed by atoms with Gasteiger partial charge in [-0.2, -0.15) is 0 Å². The number of hydrogen-bond acceptors (Lipinski definition) is 3. The summed E-state index contributed by atoms with van der Waals surface area (Å²) in [6.07, 6.45) is 3.91. The molecule has 1 N–H and O–H groups in total. The van der Waals surface area contributed by atoms with Crippen LogP contribution in [0.15, 0.2) is 18.2 Å². The molecule has 1 aliphatic heterocycles. The van der Waals surface area contributed by atoms with Crippen LogP contribution in [0.1, 0.15) is 24.8 Å². The summed E-state index contributed by atoms with van der Waals surface area (Å²) < 4.78 is 5.30. The Labute approximate surface area is 132 Å². The van der Waals surface area contributed by atoms with Crippen molar-refractivity contribution in [3.8, 4) is 5.75 Å². The number of ether oxygens (including phenoxy) is 1. The van der Waals surface area contributed by atoms with Gasteiger partial charge in [0, 0.05) is 30.2 Å². The summed E-state index contributed by atoms with van der Waals surface area (Å²) in [6.45, 7) is 3.19. The lowest BCUT2D eigenvalue weighted by Gasteiger charge is -2.28. The summed E-state index contributed by atoms with van der Waals surface area (Å²) in [4.78, 5) is 2.63. The first-order valence-corrected chi connectivity index (χ1v) is 7.44. The third kappa shape index (κ3) is 3.59. The monoisotopic (exact) mass is 316 g/mol. The minimum atomic E-state index is 0. The molecule has 1 atom stereocenters. The van der Waals surface area contributed by atoms with Gasteiger partial charge in [-0.3, -0.25) is 4.90 Å². The van der Waals surface area contributed by atoms with E-state index in [9.17, 15) is 0 Å². The van der Waals surface area contributed by atoms with Crippen molar-refractivity contribution in [1.82, 2.24) is 10.2 Å². The van der Waals surface area contributed by atoms with Gasteiger partial charge in [-0.15, -0.1) is 12.4 Å². The van der Waals surface area contributed by atoms with Crippen LogP contribution in [0.3, 0.4) is 0 Å². The van der Waals surface area contributed by atoms with Crippen LogP contribution in [0.25, 0.3) is 0 Å². The van der Waals surface area contributed by atoms with Crippen molar-refractivity contribution < 1.29 is 4.74 Å². The third-order valence-electron chi connectivity index (χ3n) is 4.13. The van der Waals surface area contributed by atoms with E-state index in [0.29, 0.717) is 6.04 Å². The molecule has 0 aromatic heterocycles. The third-order valence-corrected chi connectivity index (χ3v) is 4.49. The summed E-state index contributed by atoms with van der Waals surface area (Å²) in [5, 5.41) is 4.30. The maximum atomic E-state index is 6.33. The van der Waals surface area contributed by atoms with E-state index in [2.05, 4.69) is 16.3 Å². The van der Waals surface area contributed by atoms with Crippen LogP contribution in [0, 0.1) is 0 Å². The molecule has 1 aromatic carbocycles. The molecule has 3 rings (SSSR count). The highest BCUT2D eigenvalue weighted by Gasteiger charge is 2.35. The Kier molecular flexibility index (Phi) is 5.56. The van der Waals surface area contributed by atoms with E-state index >= 15 is 0 Å². The van der Waals surface area contributed by atoms with Crippen molar-refractivity contribution in [3.63, 3.8) is 0 Å². The first-order chi connectivity index (χ1) is 9.28. The van der Waals surface area contributed by atoms with Crippen molar-refractivity contribution in [2.45, 2.75) is 37.9 Å². The fraction of sp³-hybridized carbons (Fsp3) is 0.600. The summed E-state index contributed by atoms with van der Waals surface area (Å²) >= 11 is 6.33. The van der Waals surface area contributed by atoms with Crippen molar-refractivity contribution in [3.05, 3.63) is 28.8 Å². The smallest absolute Gasteiger partial charge is 0.119 e. The van der Waals surface area contributed by atoms with Gasteiger partial charge in [0.15, 0.2) is 0 Å². The molecule has 2 aliphatic rings. The van der Waals surface area contributed by atoms with Crippen LogP contribution in [-0.2, 0) is 6.54 Å². The van der Waals surface area contributed by atoms with E-state index in [1.807, 2.05) is 12.1 Å². The summed E-state index contributed by atoms with van der Waals surface area (Å²) in [5.41, 5.74) is 1.18. The van der Waals surface area contributed by atoms with Gasteiger partial charge in [-0.1, -0.05) is 11.6 Å². The number of benzene rings is 1. The lowest BCUT2D eigenvalue weighted by Crippen LogP contribution is -2.38. The Balaban J connectivity index is 0.00000147. The van der Waals surface area contributed by atoms with Crippen LogP contribution < -0.4 is 10.1 Å². The molecule has 1 unspecified atom stereocenters. The Morgan fingerprint density at radius 2 is 2.10 bits per heavy atom. The molecule has 1 heterocycles. The highest BCUT2D eigenvalue weighted by atomic mass is 35.5. The second-order valence-electron chi connectivity index (χ2n) is 5.51. The maximum absolute atomic E-state index is 6.33. The first kappa shape index (κ1) is 15.9. The lowest BCUT2D eigenvalue weighted by molar-refractivity contribution is 0.188. The highest BCUT2D eigenvalue weighted by molar-refractivity contribution is 6.31. The van der Waals surface area contributed by atoms with Crippen molar-refractivity contribution >= 4 is 24.0 Å². The van der Waals surface area contributed by atoms with E-state index in [0.717, 1.165) is 36.4 Å². The highest BCUT2D eigenvalue weighted by Crippen LogP contribution is 2.33. The standard InChI is InChI=1S/C15H21ClN2O.ClH/c1-19-14-4-5-15(16)11(8-14)10-18(12-2-3-12)13-6-7-17-9-13;/h4-5,8,12-13,17H,2-3,6-7,9-10H2,1H3;1H. The van der Waals surface area contributed by atoms with Crippen LogP contribution in [0.4, 0.5) is 0 Å². The van der Waals surface area contributed by atoms with Crippen molar-refractivity contribution in [2.24, 2.45) is 0 Å². The second kappa shape index (κ2) is 6.99. The molecule has 0 spiro atoms. The van der Waals surface area contributed by atoms with Gasteiger partial charge in [0.2, 0.25) is 0 Å². The lowest BCUT2D eigenvalue weighted by atomic mass is 10.1. The van der Waals surface area contributed by atoms with E-state index in [1.165, 1.54) is 24.8 Å². The molecule has 0 radical (unpaired) electrons. The average molecular weight is 317 g/mol. The van der Waals surface area contributed by atoms with Crippen molar-refractivity contribution in [2.75, 3.05) is 20.2 Å². The summed E-state index contributed by atoms with van der Waals surface area (Å²) in [7, 11) is 1.70. The zero-order chi connectivity index (χ0) is 13.2. The van der Waals surface area contributed by atoms with E-state index in [4.69, 9.17) is 16.3 Å². The van der Waals surface area contributed by atoms with E-state index < -0.39 is 0 Å². The van der Waals surface area contributed by atoms with Crippen LogP contribution in [-0.4, -0.2) is 37.2 Å². The minimum Gasteiger partial charge on any atom is -0.497 e. The molecule has 0 bridgehead atoms. The number of nitrogens with one attached hydrogen (secondary N) is 1. The quantitative estimate of drug-likeness (QED) is 0.903. The van der Waals surface area contributed by atoms with Gasteiger partial charge in [0.25, 0.3) is 0 Å². The Hall–Kier alpha value is -0.480. The van der Waals surface area contributed by atoms with Gasteiger partial charge in [0.1, 0.15) is 5.75 Å². The first-order valence-electron chi connectivity index (χ1n) is 7.07. The number of halogens is 2. The predicted molar refractivity (Wildman–Crippen MR) is 85.1 cm³/mol. The molecule has 1 saturated carbocycles. The van der Waals surface area contributed by atoms with Crippen LogP contribution in [0.2, 0.25) is 5.02 Å². The normalized spacial score (nSPS) is 21.9. The number of methoxy groups -OCH3 is 1. The van der Waals surface area contributed by atoms with Crippen LogP contribution >= 0.6 is 24.0 Å². The summed E-state index contributed by atoms with van der Waals surface area (Å²) in [5.74, 6) is 0.889. The van der Waals surface area contributed by atoms with Gasteiger partial charge in [0.05, 0.1) is 7.11 Å². The van der Waals surface area contributed by atoms with Gasteiger partial charge in [-0.05, 0) is 49.6 Å². The number of nitrogens with zero attached hydrogens (tertiary/aromatic N) is 1. The zero-order valence-electron chi connectivity index (χ0n) is 11.8. The van der Waals surface area contributed by atoms with E-state index in [-0.39, 0.29) is 12.4 Å². The number of rotatable bonds is 5. The second-order valence-corrected chi connectivity index (χ2v) is 5.91. The fourth-order valence-corrected chi connectivity index (χ4v) is 3.06. The Morgan fingerprint density at radius 3 is 2.70 bits per heavy atom. The maximum Gasteiger partial charge on any atom is 0.119 e. The molecule has 2 fully saturated rings. The molecule has 0 amide bonds. The Bertz CT molecular complexity index is 445. The molecule has 112 valence electrons. The van der Waals surface area contributed by atoms with Gasteiger partial charge < -0.3 is 10.1 Å². The predicted octanol–water partition coefficient (Wildman–Crippen LogP) is 3.10.